The third-order valence-electron chi connectivity index (χ3n) is 5.25. The molecule has 25 heavy (non-hydrogen) atoms. The number of carbonyl (C=O) groups excluding carboxylic acids is 1. The van der Waals surface area contributed by atoms with Crippen molar-refractivity contribution in [2.75, 3.05) is 11.9 Å². The van der Waals surface area contributed by atoms with Crippen LogP contribution in [0.4, 0.5) is 5.69 Å². The summed E-state index contributed by atoms with van der Waals surface area (Å²) in [6.45, 7) is 2.55. The van der Waals surface area contributed by atoms with Gasteiger partial charge in [0.2, 0.25) is 5.91 Å². The van der Waals surface area contributed by atoms with Gasteiger partial charge >= 0.3 is 0 Å². The SMILES string of the molecule is CCOc1ccccc1NC(=O)C1[C@H]2CC/C=C\CC/C=C\CC[C@@H]12. The first-order valence-corrected chi connectivity index (χ1v) is 9.64. The summed E-state index contributed by atoms with van der Waals surface area (Å²) < 4.78 is 5.62. The maximum Gasteiger partial charge on any atom is 0.228 e. The van der Waals surface area contributed by atoms with Gasteiger partial charge in [-0.05, 0) is 69.4 Å². The van der Waals surface area contributed by atoms with E-state index in [4.69, 9.17) is 4.74 Å². The van der Waals surface area contributed by atoms with E-state index < -0.39 is 0 Å². The number of nitrogens with one attached hydrogen (secondary N) is 1. The Morgan fingerprint density at radius 2 is 1.60 bits per heavy atom. The third-order valence-corrected chi connectivity index (χ3v) is 5.25. The maximum atomic E-state index is 12.8. The highest BCUT2D eigenvalue weighted by Gasteiger charge is 2.52. The summed E-state index contributed by atoms with van der Waals surface area (Å²) >= 11 is 0. The Labute approximate surface area is 151 Å². The quantitative estimate of drug-likeness (QED) is 0.751. The lowest BCUT2D eigenvalue weighted by Gasteiger charge is -2.11. The van der Waals surface area contributed by atoms with Crippen LogP contribution in [0.25, 0.3) is 0 Å². The second-order valence-electron chi connectivity index (χ2n) is 6.95. The van der Waals surface area contributed by atoms with Crippen LogP contribution in [0.3, 0.4) is 0 Å². The summed E-state index contributed by atoms with van der Waals surface area (Å²) in [7, 11) is 0. The first-order valence-electron chi connectivity index (χ1n) is 9.64. The van der Waals surface area contributed by atoms with Crippen LogP contribution in [0.2, 0.25) is 0 Å². The van der Waals surface area contributed by atoms with Crippen LogP contribution in [0.5, 0.6) is 5.75 Å². The number of anilines is 1. The molecule has 0 spiro atoms. The standard InChI is InChI=1S/C22H29NO2/c1-2-25-20-16-12-11-15-19(20)23-22(24)21-17-13-9-7-5-3-4-6-8-10-14-18(17)21/h5-8,11-12,15-18,21H,2-4,9-10,13-14H2,1H3,(H,23,24)/b7-5-,8-6-/t17-,18+,21?. The topological polar surface area (TPSA) is 38.3 Å². The Morgan fingerprint density at radius 3 is 2.24 bits per heavy atom. The van der Waals surface area contributed by atoms with E-state index >= 15 is 0 Å². The van der Waals surface area contributed by atoms with Crippen molar-refractivity contribution in [1.29, 1.82) is 0 Å². The average molecular weight is 339 g/mol. The molecule has 2 aliphatic carbocycles. The second-order valence-corrected chi connectivity index (χ2v) is 6.95. The number of rotatable bonds is 4. The fourth-order valence-electron chi connectivity index (χ4n) is 3.93. The van der Waals surface area contributed by atoms with Gasteiger partial charge in [0.1, 0.15) is 5.75 Å². The van der Waals surface area contributed by atoms with Gasteiger partial charge in [-0.2, -0.15) is 0 Å². The van der Waals surface area contributed by atoms with Gasteiger partial charge in [0.05, 0.1) is 12.3 Å². The normalized spacial score (nSPS) is 28.6. The molecule has 1 saturated carbocycles. The van der Waals surface area contributed by atoms with Crippen LogP contribution in [0, 0.1) is 17.8 Å². The molecule has 0 radical (unpaired) electrons. The lowest BCUT2D eigenvalue weighted by Crippen LogP contribution is -2.16. The van der Waals surface area contributed by atoms with E-state index in [1.54, 1.807) is 0 Å². The molecule has 2 aliphatic rings. The van der Waals surface area contributed by atoms with Crippen molar-refractivity contribution in [2.24, 2.45) is 17.8 Å². The number of hydrogen-bond donors (Lipinski definition) is 1. The summed E-state index contributed by atoms with van der Waals surface area (Å²) in [6, 6.07) is 7.70. The van der Waals surface area contributed by atoms with E-state index in [1.807, 2.05) is 31.2 Å². The molecule has 3 nitrogen and oxygen atoms in total. The number of carbonyl (C=O) groups is 1. The minimum Gasteiger partial charge on any atom is -0.492 e. The lowest BCUT2D eigenvalue weighted by molar-refractivity contribution is -0.117. The molecule has 0 bridgehead atoms. The summed E-state index contributed by atoms with van der Waals surface area (Å²) in [6.07, 6.45) is 15.8. The van der Waals surface area contributed by atoms with Crippen LogP contribution in [-0.4, -0.2) is 12.5 Å². The number of allylic oxidation sites excluding steroid dienone is 4. The highest BCUT2D eigenvalue weighted by molar-refractivity contribution is 5.96. The van der Waals surface area contributed by atoms with Crippen molar-refractivity contribution in [3.05, 3.63) is 48.6 Å². The van der Waals surface area contributed by atoms with Crippen molar-refractivity contribution < 1.29 is 9.53 Å². The zero-order valence-electron chi connectivity index (χ0n) is 15.1. The number of benzene rings is 1. The Morgan fingerprint density at radius 1 is 1.00 bits per heavy atom. The van der Waals surface area contributed by atoms with Gasteiger partial charge in [0, 0.05) is 5.92 Å². The summed E-state index contributed by atoms with van der Waals surface area (Å²) in [4.78, 5) is 12.8. The first-order chi connectivity index (χ1) is 12.3. The smallest absolute Gasteiger partial charge is 0.228 e. The monoisotopic (exact) mass is 339 g/mol. The molecule has 0 aromatic heterocycles. The van der Waals surface area contributed by atoms with Gasteiger partial charge < -0.3 is 10.1 Å². The van der Waals surface area contributed by atoms with Crippen LogP contribution in [0.1, 0.15) is 45.4 Å². The molecule has 1 unspecified atom stereocenters. The molecular formula is C22H29NO2. The van der Waals surface area contributed by atoms with Gasteiger partial charge in [-0.1, -0.05) is 36.4 Å². The molecule has 1 N–H and O–H groups in total. The predicted molar refractivity (Wildman–Crippen MR) is 103 cm³/mol. The zero-order valence-corrected chi connectivity index (χ0v) is 15.1. The molecule has 1 aromatic rings. The number of ether oxygens (including phenoxy) is 1. The molecule has 1 fully saturated rings. The van der Waals surface area contributed by atoms with Crippen molar-refractivity contribution in [1.82, 2.24) is 0 Å². The largest absolute Gasteiger partial charge is 0.492 e. The van der Waals surface area contributed by atoms with E-state index in [9.17, 15) is 4.79 Å². The van der Waals surface area contributed by atoms with Crippen LogP contribution >= 0.6 is 0 Å². The molecule has 1 aromatic carbocycles. The first kappa shape index (κ1) is 17.8. The Hall–Kier alpha value is -2.03. The van der Waals surface area contributed by atoms with Crippen LogP contribution in [0.15, 0.2) is 48.6 Å². The predicted octanol–water partition coefficient (Wildman–Crippen LogP) is 5.35. The number of amides is 1. The van der Waals surface area contributed by atoms with Crippen molar-refractivity contribution in [2.45, 2.75) is 45.4 Å². The number of hydrogen-bond acceptors (Lipinski definition) is 2. The van der Waals surface area contributed by atoms with E-state index in [1.165, 1.54) is 0 Å². The lowest BCUT2D eigenvalue weighted by atomic mass is 10.1. The molecule has 134 valence electrons. The summed E-state index contributed by atoms with van der Waals surface area (Å²) in [5.41, 5.74) is 0.788. The van der Waals surface area contributed by atoms with Gasteiger partial charge in [-0.15, -0.1) is 0 Å². The molecule has 0 saturated heterocycles. The maximum absolute atomic E-state index is 12.8. The van der Waals surface area contributed by atoms with E-state index in [0.717, 1.165) is 50.0 Å². The number of fused-ring (bicyclic) bond motifs is 1. The summed E-state index contributed by atoms with van der Waals surface area (Å²) in [5, 5.41) is 3.11. The molecular weight excluding hydrogens is 310 g/mol. The Bertz CT molecular complexity index is 611. The highest BCUT2D eigenvalue weighted by atomic mass is 16.5. The molecule has 3 atom stereocenters. The van der Waals surface area contributed by atoms with Crippen LogP contribution in [-0.2, 0) is 4.79 Å². The van der Waals surface area contributed by atoms with E-state index in [2.05, 4.69) is 29.6 Å². The zero-order chi connectivity index (χ0) is 17.5. The third kappa shape index (κ3) is 4.75. The van der Waals surface area contributed by atoms with Crippen LogP contribution < -0.4 is 10.1 Å². The molecule has 0 aliphatic heterocycles. The molecule has 0 heterocycles. The van der Waals surface area contributed by atoms with E-state index in [-0.39, 0.29) is 11.8 Å². The average Bonchev–Trinajstić information content (AvgIpc) is 3.29. The van der Waals surface area contributed by atoms with Crippen molar-refractivity contribution in [3.63, 3.8) is 0 Å². The van der Waals surface area contributed by atoms with Gasteiger partial charge in [0.25, 0.3) is 0 Å². The minimum atomic E-state index is 0.150. The number of para-hydroxylation sites is 2. The Balaban J connectivity index is 1.64. The second kappa shape index (κ2) is 8.89. The van der Waals surface area contributed by atoms with Gasteiger partial charge in [-0.3, -0.25) is 4.79 Å². The fourth-order valence-corrected chi connectivity index (χ4v) is 3.93. The highest BCUT2D eigenvalue weighted by Crippen LogP contribution is 2.52. The van der Waals surface area contributed by atoms with Gasteiger partial charge in [-0.25, -0.2) is 0 Å². The van der Waals surface area contributed by atoms with Crippen molar-refractivity contribution in [3.8, 4) is 5.75 Å². The van der Waals surface area contributed by atoms with Crippen molar-refractivity contribution >= 4 is 11.6 Å². The molecule has 1 amide bonds. The molecule has 3 heteroatoms. The molecule has 3 rings (SSSR count). The van der Waals surface area contributed by atoms with E-state index in [0.29, 0.717) is 18.4 Å². The van der Waals surface area contributed by atoms with Gasteiger partial charge in [0.15, 0.2) is 0 Å². The summed E-state index contributed by atoms with van der Waals surface area (Å²) in [5.74, 6) is 2.11. The minimum absolute atomic E-state index is 0.150. The Kier molecular flexibility index (Phi) is 6.32. The fraction of sp³-hybridized carbons (Fsp3) is 0.500.